The maximum atomic E-state index is 11.9. The van der Waals surface area contributed by atoms with E-state index in [1.165, 1.54) is 6.26 Å². The van der Waals surface area contributed by atoms with Crippen molar-refractivity contribution in [2.24, 2.45) is 7.05 Å². The van der Waals surface area contributed by atoms with Crippen LogP contribution in [0.3, 0.4) is 0 Å². The molecule has 21 heavy (non-hydrogen) atoms. The zero-order valence-electron chi connectivity index (χ0n) is 11.9. The summed E-state index contributed by atoms with van der Waals surface area (Å²) in [5, 5.41) is 3.92. The molecule has 0 fully saturated rings. The van der Waals surface area contributed by atoms with Crippen molar-refractivity contribution in [2.45, 2.75) is 6.54 Å². The largest absolute Gasteiger partial charge is 0.497 e. The van der Waals surface area contributed by atoms with Gasteiger partial charge in [0.25, 0.3) is 5.91 Å². The number of rotatable bonds is 4. The van der Waals surface area contributed by atoms with Crippen LogP contribution in [0.1, 0.15) is 16.1 Å². The average molecular weight is 284 g/mol. The fraction of sp³-hybridized carbons (Fsp3) is 0.188. The maximum absolute atomic E-state index is 11.9. The molecule has 0 aliphatic rings. The number of amides is 1. The first-order valence-electron chi connectivity index (χ1n) is 6.62. The number of carbonyl (C=O) groups is 1. The van der Waals surface area contributed by atoms with Gasteiger partial charge in [0, 0.05) is 30.7 Å². The van der Waals surface area contributed by atoms with E-state index in [2.05, 4.69) is 5.32 Å². The standard InChI is InChI=1S/C16H16N2O3/c1-18-10-11(9-17-16(19)15-4-3-7-21-15)13-8-12(20-2)5-6-14(13)18/h3-8,10H,9H2,1-2H3,(H,17,19). The summed E-state index contributed by atoms with van der Waals surface area (Å²) < 4.78 is 12.4. The maximum Gasteiger partial charge on any atom is 0.287 e. The Morgan fingerprint density at radius 2 is 2.24 bits per heavy atom. The molecule has 2 heterocycles. The van der Waals surface area contributed by atoms with Crippen molar-refractivity contribution in [2.75, 3.05) is 7.11 Å². The van der Waals surface area contributed by atoms with E-state index in [-0.39, 0.29) is 5.91 Å². The smallest absolute Gasteiger partial charge is 0.287 e. The number of hydrogen-bond acceptors (Lipinski definition) is 3. The summed E-state index contributed by atoms with van der Waals surface area (Å²) in [6.45, 7) is 0.435. The Labute approximate surface area is 122 Å². The molecule has 1 amide bonds. The molecule has 3 aromatic rings. The highest BCUT2D eigenvalue weighted by atomic mass is 16.5. The lowest BCUT2D eigenvalue weighted by Crippen LogP contribution is -2.22. The minimum Gasteiger partial charge on any atom is -0.497 e. The van der Waals surface area contributed by atoms with Crippen LogP contribution in [0, 0.1) is 0 Å². The van der Waals surface area contributed by atoms with E-state index in [0.29, 0.717) is 12.3 Å². The predicted molar refractivity (Wildman–Crippen MR) is 79.3 cm³/mol. The fourth-order valence-electron chi connectivity index (χ4n) is 2.39. The Hall–Kier alpha value is -2.69. The van der Waals surface area contributed by atoms with Crippen LogP contribution < -0.4 is 10.1 Å². The van der Waals surface area contributed by atoms with Gasteiger partial charge in [-0.1, -0.05) is 0 Å². The van der Waals surface area contributed by atoms with Crippen LogP contribution in [-0.4, -0.2) is 17.6 Å². The second-order valence-electron chi connectivity index (χ2n) is 4.81. The SMILES string of the molecule is COc1ccc2c(c1)c(CNC(=O)c1ccco1)cn2C. The van der Waals surface area contributed by atoms with E-state index in [0.717, 1.165) is 22.2 Å². The van der Waals surface area contributed by atoms with Gasteiger partial charge in [-0.15, -0.1) is 0 Å². The zero-order valence-corrected chi connectivity index (χ0v) is 11.9. The third-order valence-corrected chi connectivity index (χ3v) is 3.46. The lowest BCUT2D eigenvalue weighted by Gasteiger charge is -2.03. The summed E-state index contributed by atoms with van der Waals surface area (Å²) in [5.74, 6) is 0.889. The van der Waals surface area contributed by atoms with Gasteiger partial charge >= 0.3 is 0 Å². The molecule has 108 valence electrons. The quantitative estimate of drug-likeness (QED) is 0.801. The summed E-state index contributed by atoms with van der Waals surface area (Å²) in [6, 6.07) is 9.24. The lowest BCUT2D eigenvalue weighted by atomic mass is 10.1. The topological polar surface area (TPSA) is 56.4 Å². The molecule has 0 atom stereocenters. The molecule has 0 saturated heterocycles. The number of benzene rings is 1. The minimum absolute atomic E-state index is 0.222. The van der Waals surface area contributed by atoms with Crippen molar-refractivity contribution in [3.8, 4) is 5.75 Å². The number of furan rings is 1. The second kappa shape index (κ2) is 5.36. The minimum atomic E-state index is -0.222. The summed E-state index contributed by atoms with van der Waals surface area (Å²) >= 11 is 0. The van der Waals surface area contributed by atoms with Crippen molar-refractivity contribution in [1.82, 2.24) is 9.88 Å². The second-order valence-corrected chi connectivity index (χ2v) is 4.81. The van der Waals surface area contributed by atoms with Crippen LogP contribution in [0.5, 0.6) is 5.75 Å². The van der Waals surface area contributed by atoms with Crippen molar-refractivity contribution in [3.63, 3.8) is 0 Å². The van der Waals surface area contributed by atoms with Crippen molar-refractivity contribution in [1.29, 1.82) is 0 Å². The van der Waals surface area contributed by atoms with E-state index in [1.807, 2.05) is 36.0 Å². The first-order valence-corrected chi connectivity index (χ1v) is 6.62. The van der Waals surface area contributed by atoms with Gasteiger partial charge < -0.3 is 19.0 Å². The number of fused-ring (bicyclic) bond motifs is 1. The number of aromatic nitrogens is 1. The average Bonchev–Trinajstić information content (AvgIpc) is 3.13. The van der Waals surface area contributed by atoms with E-state index in [9.17, 15) is 4.79 Å². The number of carbonyl (C=O) groups excluding carboxylic acids is 1. The van der Waals surface area contributed by atoms with Gasteiger partial charge in [-0.3, -0.25) is 4.79 Å². The fourth-order valence-corrected chi connectivity index (χ4v) is 2.39. The number of nitrogens with one attached hydrogen (secondary N) is 1. The summed E-state index contributed by atoms with van der Waals surface area (Å²) in [7, 11) is 3.62. The summed E-state index contributed by atoms with van der Waals surface area (Å²) in [4.78, 5) is 11.9. The van der Waals surface area contributed by atoms with Crippen LogP contribution in [0.25, 0.3) is 10.9 Å². The molecule has 2 aromatic heterocycles. The van der Waals surface area contributed by atoms with E-state index < -0.39 is 0 Å². The zero-order chi connectivity index (χ0) is 14.8. The van der Waals surface area contributed by atoms with Gasteiger partial charge in [-0.05, 0) is 35.9 Å². The molecule has 0 saturated carbocycles. The van der Waals surface area contributed by atoms with Crippen molar-refractivity contribution >= 4 is 16.8 Å². The Balaban J connectivity index is 1.85. The van der Waals surface area contributed by atoms with Crippen molar-refractivity contribution in [3.05, 3.63) is 54.1 Å². The molecule has 0 bridgehead atoms. The number of nitrogens with zero attached hydrogens (tertiary/aromatic N) is 1. The van der Waals surface area contributed by atoms with Crippen LogP contribution in [0.2, 0.25) is 0 Å². The monoisotopic (exact) mass is 284 g/mol. The van der Waals surface area contributed by atoms with Crippen LogP contribution in [-0.2, 0) is 13.6 Å². The van der Waals surface area contributed by atoms with E-state index >= 15 is 0 Å². The normalized spacial score (nSPS) is 10.8. The third kappa shape index (κ3) is 2.50. The van der Waals surface area contributed by atoms with Gasteiger partial charge in [-0.25, -0.2) is 0 Å². The lowest BCUT2D eigenvalue weighted by molar-refractivity contribution is 0.0923. The van der Waals surface area contributed by atoms with E-state index in [1.54, 1.807) is 19.2 Å². The van der Waals surface area contributed by atoms with Crippen LogP contribution >= 0.6 is 0 Å². The molecule has 0 aliphatic carbocycles. The molecule has 0 unspecified atom stereocenters. The van der Waals surface area contributed by atoms with Crippen LogP contribution in [0.15, 0.2) is 47.2 Å². The molecule has 0 radical (unpaired) electrons. The number of aryl methyl sites for hydroxylation is 1. The van der Waals surface area contributed by atoms with Gasteiger partial charge in [0.15, 0.2) is 5.76 Å². The molecule has 5 heteroatoms. The molecule has 5 nitrogen and oxygen atoms in total. The third-order valence-electron chi connectivity index (χ3n) is 3.46. The Bertz CT molecular complexity index is 772. The Morgan fingerprint density at radius 3 is 2.95 bits per heavy atom. The number of hydrogen-bond donors (Lipinski definition) is 1. The van der Waals surface area contributed by atoms with Gasteiger partial charge in [0.2, 0.25) is 0 Å². The Morgan fingerprint density at radius 1 is 1.38 bits per heavy atom. The van der Waals surface area contributed by atoms with Crippen LogP contribution in [0.4, 0.5) is 0 Å². The molecule has 3 rings (SSSR count). The first-order chi connectivity index (χ1) is 10.2. The summed E-state index contributed by atoms with van der Waals surface area (Å²) in [6.07, 6.45) is 3.49. The van der Waals surface area contributed by atoms with Gasteiger partial charge in [0.05, 0.1) is 13.4 Å². The number of methoxy groups -OCH3 is 1. The highest BCUT2D eigenvalue weighted by Crippen LogP contribution is 2.25. The molecular weight excluding hydrogens is 268 g/mol. The van der Waals surface area contributed by atoms with Crippen molar-refractivity contribution < 1.29 is 13.9 Å². The molecular formula is C16H16N2O3. The molecule has 0 spiro atoms. The highest BCUT2D eigenvalue weighted by Gasteiger charge is 2.11. The number of ether oxygens (including phenoxy) is 1. The summed E-state index contributed by atoms with van der Waals surface area (Å²) in [5.41, 5.74) is 2.13. The molecule has 1 aromatic carbocycles. The first kappa shape index (κ1) is 13.3. The highest BCUT2D eigenvalue weighted by molar-refractivity contribution is 5.92. The molecule has 1 N–H and O–H groups in total. The van der Waals surface area contributed by atoms with E-state index in [4.69, 9.17) is 9.15 Å². The molecule has 0 aliphatic heterocycles. The predicted octanol–water partition coefficient (Wildman–Crippen LogP) is 2.71. The Kier molecular flexibility index (Phi) is 3.39. The van der Waals surface area contributed by atoms with Gasteiger partial charge in [-0.2, -0.15) is 0 Å². The van der Waals surface area contributed by atoms with Gasteiger partial charge in [0.1, 0.15) is 5.75 Å².